The van der Waals surface area contributed by atoms with E-state index in [0.717, 1.165) is 55.3 Å². The van der Waals surface area contributed by atoms with Crippen molar-refractivity contribution in [1.82, 2.24) is 20.7 Å². The van der Waals surface area contributed by atoms with Gasteiger partial charge in [-0.25, -0.2) is 4.99 Å². The van der Waals surface area contributed by atoms with Gasteiger partial charge in [-0.05, 0) is 39.8 Å². The van der Waals surface area contributed by atoms with Crippen molar-refractivity contribution in [3.63, 3.8) is 0 Å². The fourth-order valence-electron chi connectivity index (χ4n) is 2.85. The van der Waals surface area contributed by atoms with Gasteiger partial charge in [0, 0.05) is 31.1 Å². The lowest BCUT2D eigenvalue weighted by atomic mass is 10.0. The van der Waals surface area contributed by atoms with Gasteiger partial charge in [0.15, 0.2) is 5.96 Å². The van der Waals surface area contributed by atoms with Gasteiger partial charge in [0.1, 0.15) is 5.76 Å². The lowest BCUT2D eigenvalue weighted by molar-refractivity contribution is 0.254. The minimum Gasteiger partial charge on any atom is -0.361 e. The van der Waals surface area contributed by atoms with Crippen LogP contribution in [0.1, 0.15) is 58.1 Å². The summed E-state index contributed by atoms with van der Waals surface area (Å²) in [6, 6.07) is 0.483. The highest BCUT2D eigenvalue weighted by molar-refractivity contribution is 14.0. The van der Waals surface area contributed by atoms with E-state index in [1.54, 1.807) is 0 Å². The van der Waals surface area contributed by atoms with Crippen LogP contribution in [0.25, 0.3) is 0 Å². The summed E-state index contributed by atoms with van der Waals surface area (Å²) in [4.78, 5) is 7.04. The van der Waals surface area contributed by atoms with Gasteiger partial charge in [-0.2, -0.15) is 0 Å². The van der Waals surface area contributed by atoms with E-state index in [4.69, 9.17) is 9.52 Å². The monoisotopic (exact) mass is 479 g/mol. The molecule has 1 aromatic heterocycles. The fourth-order valence-corrected chi connectivity index (χ4v) is 2.85. The molecule has 0 bridgehead atoms. The molecule has 0 spiro atoms. The highest BCUT2D eigenvalue weighted by Crippen LogP contribution is 2.16. The molecule has 26 heavy (non-hydrogen) atoms. The molecule has 6 nitrogen and oxygen atoms in total. The highest BCUT2D eigenvalue weighted by atomic mass is 127. The summed E-state index contributed by atoms with van der Waals surface area (Å²) in [7, 11) is 4.27. The smallest absolute Gasteiger partial charge is 0.191 e. The Hall–Kier alpha value is -0.830. The number of halogens is 1. The Morgan fingerprint density at radius 3 is 2.35 bits per heavy atom. The Morgan fingerprint density at radius 1 is 1.15 bits per heavy atom. The predicted molar refractivity (Wildman–Crippen MR) is 120 cm³/mol. The molecule has 0 saturated carbocycles. The molecular formula is C19H38IN5O. The predicted octanol–water partition coefficient (Wildman–Crippen LogP) is 3.45. The molecule has 0 fully saturated rings. The van der Waals surface area contributed by atoms with E-state index in [-0.39, 0.29) is 24.0 Å². The summed E-state index contributed by atoms with van der Waals surface area (Å²) in [5.41, 5.74) is 2.15. The van der Waals surface area contributed by atoms with E-state index in [9.17, 15) is 0 Å². The normalized spacial score (nSPS) is 13.0. The fraction of sp³-hybridized carbons (Fsp3) is 0.789. The maximum Gasteiger partial charge on any atom is 0.191 e. The summed E-state index contributed by atoms with van der Waals surface area (Å²) in [6.45, 7) is 13.1. The van der Waals surface area contributed by atoms with Gasteiger partial charge in [-0.15, -0.1) is 24.0 Å². The first-order valence-corrected chi connectivity index (χ1v) is 9.57. The molecule has 7 heteroatoms. The third kappa shape index (κ3) is 8.24. The van der Waals surface area contributed by atoms with Crippen molar-refractivity contribution in [2.75, 3.05) is 27.2 Å². The van der Waals surface area contributed by atoms with Crippen LogP contribution in [0.15, 0.2) is 9.52 Å². The number of aliphatic imine (C=N–C) groups is 1. The number of nitrogens with zero attached hydrogens (tertiary/aromatic N) is 3. The number of rotatable bonds is 10. The number of hydrogen-bond donors (Lipinski definition) is 2. The number of nitrogens with one attached hydrogen (secondary N) is 2. The molecule has 1 aromatic rings. The second-order valence-corrected chi connectivity index (χ2v) is 7.06. The van der Waals surface area contributed by atoms with Gasteiger partial charge in [-0.1, -0.05) is 32.9 Å². The average Bonchev–Trinajstić information content (AvgIpc) is 2.97. The van der Waals surface area contributed by atoms with E-state index < -0.39 is 0 Å². The zero-order valence-corrected chi connectivity index (χ0v) is 19.9. The van der Waals surface area contributed by atoms with Gasteiger partial charge >= 0.3 is 0 Å². The molecule has 1 unspecified atom stereocenters. The topological polar surface area (TPSA) is 65.7 Å². The lowest BCUT2D eigenvalue weighted by Gasteiger charge is -2.27. The van der Waals surface area contributed by atoms with Crippen LogP contribution < -0.4 is 10.6 Å². The summed E-state index contributed by atoms with van der Waals surface area (Å²) in [6.07, 6.45) is 2.87. The van der Waals surface area contributed by atoms with Gasteiger partial charge in [0.25, 0.3) is 0 Å². The van der Waals surface area contributed by atoms with E-state index in [1.165, 1.54) is 0 Å². The molecule has 1 atom stereocenters. The van der Waals surface area contributed by atoms with Gasteiger partial charge in [0.2, 0.25) is 0 Å². The Balaban J connectivity index is 0.00000625. The van der Waals surface area contributed by atoms with Crippen LogP contribution in [0.3, 0.4) is 0 Å². The van der Waals surface area contributed by atoms with Crippen LogP contribution in [0.4, 0.5) is 0 Å². The molecule has 1 heterocycles. The second-order valence-electron chi connectivity index (χ2n) is 7.06. The molecule has 0 aliphatic rings. The molecule has 152 valence electrons. The average molecular weight is 479 g/mol. The van der Waals surface area contributed by atoms with E-state index in [2.05, 4.69) is 69.4 Å². The Morgan fingerprint density at radius 2 is 1.85 bits per heavy atom. The number of likely N-dealkylation sites (N-methyl/N-ethyl adjacent to an activating group) is 1. The molecule has 1 rings (SSSR count). The van der Waals surface area contributed by atoms with Crippen molar-refractivity contribution in [2.24, 2.45) is 10.9 Å². The van der Waals surface area contributed by atoms with Crippen LogP contribution in [-0.2, 0) is 19.4 Å². The zero-order valence-electron chi connectivity index (χ0n) is 17.6. The molecule has 0 aliphatic carbocycles. The van der Waals surface area contributed by atoms with E-state index in [1.807, 2.05) is 0 Å². The number of aryl methyl sites for hydroxylation is 2. The van der Waals surface area contributed by atoms with Crippen molar-refractivity contribution < 1.29 is 4.52 Å². The number of guanidine groups is 1. The van der Waals surface area contributed by atoms with Crippen molar-refractivity contribution in [1.29, 1.82) is 0 Å². The molecule has 0 saturated heterocycles. The lowest BCUT2D eigenvalue weighted by Crippen LogP contribution is -2.45. The first-order chi connectivity index (χ1) is 11.9. The third-order valence-corrected chi connectivity index (χ3v) is 4.33. The summed E-state index contributed by atoms with van der Waals surface area (Å²) >= 11 is 0. The maximum atomic E-state index is 5.43. The van der Waals surface area contributed by atoms with Crippen LogP contribution >= 0.6 is 24.0 Å². The quantitative estimate of drug-likeness (QED) is 0.306. The minimum absolute atomic E-state index is 0. The zero-order chi connectivity index (χ0) is 18.8. The summed E-state index contributed by atoms with van der Waals surface area (Å²) in [5, 5.41) is 11.0. The minimum atomic E-state index is 0. The van der Waals surface area contributed by atoms with Crippen LogP contribution in [-0.4, -0.2) is 49.2 Å². The first kappa shape index (κ1) is 25.2. The summed E-state index contributed by atoms with van der Waals surface area (Å²) in [5.74, 6) is 2.47. The SMILES string of the molecule is CCNC(=NCc1c(CC)noc1CC)NCC(CC(C)C)N(C)C.I. The standard InChI is InChI=1S/C19H37N5O.HI/c1-8-17-16(18(9-2)25-23-17)13-22-19(20-10-3)21-12-15(24(6)7)11-14(4)5;/h14-15H,8-13H2,1-7H3,(H2,20,21,22);1H. The van der Waals surface area contributed by atoms with Crippen molar-refractivity contribution >= 4 is 29.9 Å². The Bertz CT molecular complexity index is 506. The van der Waals surface area contributed by atoms with Crippen LogP contribution in [0.2, 0.25) is 0 Å². The van der Waals surface area contributed by atoms with Crippen LogP contribution in [0.5, 0.6) is 0 Å². The Kier molecular flexibility index (Phi) is 12.9. The first-order valence-electron chi connectivity index (χ1n) is 9.57. The highest BCUT2D eigenvalue weighted by Gasteiger charge is 2.15. The van der Waals surface area contributed by atoms with E-state index >= 15 is 0 Å². The van der Waals surface area contributed by atoms with Crippen molar-refractivity contribution in [3.05, 3.63) is 17.0 Å². The van der Waals surface area contributed by atoms with Gasteiger partial charge in [0.05, 0.1) is 12.2 Å². The molecule has 0 amide bonds. The Labute approximate surface area is 176 Å². The molecule has 0 aromatic carbocycles. The molecule has 0 radical (unpaired) electrons. The third-order valence-electron chi connectivity index (χ3n) is 4.33. The van der Waals surface area contributed by atoms with Crippen LogP contribution in [0, 0.1) is 5.92 Å². The number of aromatic nitrogens is 1. The number of hydrogen-bond acceptors (Lipinski definition) is 4. The molecule has 0 aliphatic heterocycles. The maximum absolute atomic E-state index is 5.43. The van der Waals surface area contributed by atoms with Gasteiger partial charge in [-0.3, -0.25) is 0 Å². The molecule has 2 N–H and O–H groups in total. The largest absolute Gasteiger partial charge is 0.361 e. The van der Waals surface area contributed by atoms with Crippen molar-refractivity contribution in [3.8, 4) is 0 Å². The second kappa shape index (κ2) is 13.4. The van der Waals surface area contributed by atoms with E-state index in [0.29, 0.717) is 18.5 Å². The van der Waals surface area contributed by atoms with Gasteiger partial charge < -0.3 is 20.1 Å². The van der Waals surface area contributed by atoms with Crippen molar-refractivity contribution in [2.45, 2.75) is 66.5 Å². The summed E-state index contributed by atoms with van der Waals surface area (Å²) < 4.78 is 5.43. The molecular weight excluding hydrogens is 441 g/mol.